The first-order chi connectivity index (χ1) is 8.92. The molecule has 0 bridgehead atoms. The summed E-state index contributed by atoms with van der Waals surface area (Å²) >= 11 is 1.27. The molecule has 1 aromatic heterocycles. The number of hydrogen-bond donors (Lipinski definition) is 2. The molecule has 1 aliphatic rings. The average molecular weight is 303 g/mol. The monoisotopic (exact) mass is 303 g/mol. The normalized spacial score (nSPS) is 28.5. The fourth-order valence-electron chi connectivity index (χ4n) is 3.01. The standard InChI is InChI=1S/C13H21NO3S2/c1-9-5-10(2)7-11(6-9)14-19(16,17)13-3-4-18-12(13)8-15/h3-4,9-11,14-15H,5-8H2,1-2H3. The van der Waals surface area contributed by atoms with Crippen molar-refractivity contribution < 1.29 is 13.5 Å². The van der Waals surface area contributed by atoms with Crippen LogP contribution in [0.15, 0.2) is 16.3 Å². The molecule has 1 fully saturated rings. The Kier molecular flexibility index (Phi) is 4.66. The van der Waals surface area contributed by atoms with Gasteiger partial charge in [0.25, 0.3) is 0 Å². The summed E-state index contributed by atoms with van der Waals surface area (Å²) in [6.07, 6.45) is 2.95. The molecule has 19 heavy (non-hydrogen) atoms. The summed E-state index contributed by atoms with van der Waals surface area (Å²) in [5.74, 6) is 1.10. The average Bonchev–Trinajstić information content (AvgIpc) is 2.75. The molecule has 1 aromatic rings. The van der Waals surface area contributed by atoms with Crippen molar-refractivity contribution in [3.05, 3.63) is 16.3 Å². The van der Waals surface area contributed by atoms with Crippen LogP contribution in [0.25, 0.3) is 0 Å². The second kappa shape index (κ2) is 5.91. The molecular weight excluding hydrogens is 282 g/mol. The Hall–Kier alpha value is -0.430. The van der Waals surface area contributed by atoms with Crippen LogP contribution in [0.1, 0.15) is 38.0 Å². The Labute approximate surface area is 118 Å². The van der Waals surface area contributed by atoms with Gasteiger partial charge in [-0.15, -0.1) is 11.3 Å². The van der Waals surface area contributed by atoms with E-state index in [1.807, 2.05) is 0 Å². The summed E-state index contributed by atoms with van der Waals surface area (Å²) in [4.78, 5) is 0.732. The van der Waals surface area contributed by atoms with Gasteiger partial charge >= 0.3 is 0 Å². The third kappa shape index (κ3) is 3.56. The predicted octanol–water partition coefficient (Wildman–Crippen LogP) is 2.34. The van der Waals surface area contributed by atoms with E-state index in [1.54, 1.807) is 11.4 Å². The summed E-state index contributed by atoms with van der Waals surface area (Å²) in [6, 6.07) is 1.57. The first kappa shape index (κ1) is 15.0. The lowest BCUT2D eigenvalue weighted by Crippen LogP contribution is -2.40. The Morgan fingerprint density at radius 1 is 1.32 bits per heavy atom. The van der Waals surface area contributed by atoms with E-state index < -0.39 is 10.0 Å². The fourth-order valence-corrected chi connectivity index (χ4v) is 5.57. The minimum absolute atomic E-state index is 0.00944. The van der Waals surface area contributed by atoms with E-state index in [4.69, 9.17) is 0 Å². The number of rotatable bonds is 4. The van der Waals surface area contributed by atoms with Crippen molar-refractivity contribution >= 4 is 21.4 Å². The van der Waals surface area contributed by atoms with Crippen molar-refractivity contribution in [2.24, 2.45) is 11.8 Å². The van der Waals surface area contributed by atoms with Gasteiger partial charge in [-0.25, -0.2) is 13.1 Å². The number of aliphatic hydroxyl groups is 1. The maximum absolute atomic E-state index is 12.3. The lowest BCUT2D eigenvalue weighted by atomic mass is 9.81. The fraction of sp³-hybridized carbons (Fsp3) is 0.692. The summed E-state index contributed by atoms with van der Waals surface area (Å²) in [6.45, 7) is 4.10. The molecule has 0 aliphatic heterocycles. The van der Waals surface area contributed by atoms with Crippen LogP contribution in [0.2, 0.25) is 0 Å². The zero-order valence-electron chi connectivity index (χ0n) is 11.3. The molecule has 0 radical (unpaired) electrons. The quantitative estimate of drug-likeness (QED) is 0.897. The Bertz CT molecular complexity index is 514. The summed E-state index contributed by atoms with van der Waals surface area (Å²) in [5, 5.41) is 10.9. The van der Waals surface area contributed by atoms with E-state index in [0.29, 0.717) is 16.7 Å². The molecular formula is C13H21NO3S2. The highest BCUT2D eigenvalue weighted by Crippen LogP contribution is 2.30. The molecule has 1 heterocycles. The van der Waals surface area contributed by atoms with Gasteiger partial charge in [-0.1, -0.05) is 13.8 Å². The van der Waals surface area contributed by atoms with E-state index in [9.17, 15) is 13.5 Å². The van der Waals surface area contributed by atoms with Crippen molar-refractivity contribution in [1.29, 1.82) is 0 Å². The largest absolute Gasteiger partial charge is 0.391 e. The predicted molar refractivity (Wildman–Crippen MR) is 76.5 cm³/mol. The van der Waals surface area contributed by atoms with Gasteiger partial charge in [0, 0.05) is 10.9 Å². The number of thiophene rings is 1. The van der Waals surface area contributed by atoms with Crippen LogP contribution < -0.4 is 4.72 Å². The molecule has 0 aromatic carbocycles. The van der Waals surface area contributed by atoms with Gasteiger partial charge in [-0.2, -0.15) is 0 Å². The first-order valence-electron chi connectivity index (χ1n) is 6.62. The van der Waals surface area contributed by atoms with E-state index in [-0.39, 0.29) is 17.5 Å². The van der Waals surface area contributed by atoms with Crippen molar-refractivity contribution in [2.45, 2.75) is 50.7 Å². The molecule has 1 saturated carbocycles. The van der Waals surface area contributed by atoms with Crippen molar-refractivity contribution in [1.82, 2.24) is 4.72 Å². The molecule has 0 saturated heterocycles. The molecule has 2 N–H and O–H groups in total. The highest BCUT2D eigenvalue weighted by Gasteiger charge is 2.29. The molecule has 0 spiro atoms. The summed E-state index contributed by atoms with van der Waals surface area (Å²) < 4.78 is 27.5. The molecule has 0 amide bonds. The van der Waals surface area contributed by atoms with Gasteiger partial charge < -0.3 is 5.11 Å². The lowest BCUT2D eigenvalue weighted by Gasteiger charge is -2.31. The highest BCUT2D eigenvalue weighted by atomic mass is 32.2. The third-order valence-electron chi connectivity index (χ3n) is 3.64. The number of hydrogen-bond acceptors (Lipinski definition) is 4. The summed E-state index contributed by atoms with van der Waals surface area (Å²) in [5.41, 5.74) is 0. The van der Waals surface area contributed by atoms with E-state index in [1.165, 1.54) is 17.8 Å². The van der Waals surface area contributed by atoms with Gasteiger partial charge in [0.2, 0.25) is 10.0 Å². The Morgan fingerprint density at radius 3 is 2.53 bits per heavy atom. The van der Waals surface area contributed by atoms with Crippen molar-refractivity contribution in [2.75, 3.05) is 0 Å². The topological polar surface area (TPSA) is 66.4 Å². The van der Waals surface area contributed by atoms with Crippen LogP contribution in [-0.4, -0.2) is 19.6 Å². The summed E-state index contributed by atoms with van der Waals surface area (Å²) in [7, 11) is -3.51. The molecule has 108 valence electrons. The van der Waals surface area contributed by atoms with Crippen LogP contribution in [0, 0.1) is 11.8 Å². The molecule has 2 unspecified atom stereocenters. The van der Waals surface area contributed by atoms with Crippen molar-refractivity contribution in [3.63, 3.8) is 0 Å². The minimum atomic E-state index is -3.51. The van der Waals surface area contributed by atoms with Crippen LogP contribution in [0.3, 0.4) is 0 Å². The van der Waals surface area contributed by atoms with E-state index >= 15 is 0 Å². The van der Waals surface area contributed by atoms with Gasteiger partial charge in [0.1, 0.15) is 0 Å². The van der Waals surface area contributed by atoms with Gasteiger partial charge in [0.05, 0.1) is 11.5 Å². The lowest BCUT2D eigenvalue weighted by molar-refractivity contribution is 0.257. The molecule has 2 rings (SSSR count). The maximum Gasteiger partial charge on any atom is 0.242 e. The molecule has 6 heteroatoms. The smallest absolute Gasteiger partial charge is 0.242 e. The van der Waals surface area contributed by atoms with Gasteiger partial charge in [-0.3, -0.25) is 0 Å². The third-order valence-corrected chi connectivity index (χ3v) is 6.28. The van der Waals surface area contributed by atoms with Crippen LogP contribution >= 0.6 is 11.3 Å². The second-order valence-corrected chi connectivity index (χ2v) is 8.28. The van der Waals surface area contributed by atoms with Crippen LogP contribution in [-0.2, 0) is 16.6 Å². The number of nitrogens with one attached hydrogen (secondary N) is 1. The number of sulfonamides is 1. The van der Waals surface area contributed by atoms with Gasteiger partial charge in [-0.05, 0) is 42.5 Å². The SMILES string of the molecule is CC1CC(C)CC(NS(=O)(=O)c2ccsc2CO)C1. The molecule has 2 atom stereocenters. The second-order valence-electron chi connectivity index (χ2n) is 5.60. The first-order valence-corrected chi connectivity index (χ1v) is 8.98. The minimum Gasteiger partial charge on any atom is -0.391 e. The number of aliphatic hydroxyl groups excluding tert-OH is 1. The molecule has 4 nitrogen and oxygen atoms in total. The zero-order valence-corrected chi connectivity index (χ0v) is 12.9. The maximum atomic E-state index is 12.3. The van der Waals surface area contributed by atoms with Crippen LogP contribution in [0.4, 0.5) is 0 Å². The van der Waals surface area contributed by atoms with E-state index in [0.717, 1.165) is 12.8 Å². The van der Waals surface area contributed by atoms with Crippen molar-refractivity contribution in [3.8, 4) is 0 Å². The molecule has 1 aliphatic carbocycles. The van der Waals surface area contributed by atoms with E-state index in [2.05, 4.69) is 18.6 Å². The Morgan fingerprint density at radius 2 is 1.95 bits per heavy atom. The highest BCUT2D eigenvalue weighted by molar-refractivity contribution is 7.89. The Balaban J connectivity index is 2.13. The zero-order chi connectivity index (χ0) is 14.0. The van der Waals surface area contributed by atoms with Gasteiger partial charge in [0.15, 0.2) is 0 Å². The van der Waals surface area contributed by atoms with Crippen LogP contribution in [0.5, 0.6) is 0 Å².